The Bertz CT molecular complexity index is 752. The molecule has 2 aromatic carbocycles. The third-order valence-electron chi connectivity index (χ3n) is 2.45. The van der Waals surface area contributed by atoms with E-state index < -0.39 is 0 Å². The van der Waals surface area contributed by atoms with Crippen LogP contribution in [0.15, 0.2) is 0 Å². The van der Waals surface area contributed by atoms with Crippen LogP contribution in [-0.2, 0) is 0 Å². The normalized spacial score (nSPS) is 10.8. The average molecular weight is 394 g/mol. The molecule has 0 spiro atoms. The van der Waals surface area contributed by atoms with E-state index in [0.717, 1.165) is 0 Å². The van der Waals surface area contributed by atoms with Gasteiger partial charge in [-0.25, -0.2) is 0 Å². The van der Waals surface area contributed by atoms with Crippen LogP contribution in [0.25, 0.3) is 10.8 Å². The Balaban J connectivity index is 3.27. The zero-order valence-corrected chi connectivity index (χ0v) is 13.9. The summed E-state index contributed by atoms with van der Waals surface area (Å²) in [5, 5.41) is 9.87. The highest BCUT2D eigenvalue weighted by Crippen LogP contribution is 2.50. The van der Waals surface area contributed by atoms with Gasteiger partial charge in [0.15, 0.2) is 0 Å². The Kier molecular flexibility index (Phi) is 4.55. The van der Waals surface area contributed by atoms with Gasteiger partial charge < -0.3 is 0 Å². The first-order chi connectivity index (χ1) is 8.82. The average Bonchev–Trinajstić information content (AvgIpc) is 2.40. The summed E-state index contributed by atoms with van der Waals surface area (Å²) in [6.07, 6.45) is 0. The molecule has 0 aliphatic rings. The lowest BCUT2D eigenvalue weighted by molar-refractivity contribution is 1.50. The van der Waals surface area contributed by atoms with Gasteiger partial charge in [0.05, 0.1) is 40.7 Å². The van der Waals surface area contributed by atoms with E-state index in [1.165, 1.54) is 0 Å². The summed E-state index contributed by atoms with van der Waals surface area (Å²) in [5.41, 5.74) is 0.0385. The number of rotatable bonds is 0. The monoisotopic (exact) mass is 391 g/mol. The van der Waals surface area contributed by atoms with Crippen molar-refractivity contribution >= 4 is 92.0 Å². The van der Waals surface area contributed by atoms with Crippen LogP contribution in [0.3, 0.4) is 0 Å². The fourth-order valence-electron chi connectivity index (χ4n) is 1.60. The number of hydrogen-bond donors (Lipinski definition) is 0. The maximum Gasteiger partial charge on any atom is 0.101 e. The van der Waals surface area contributed by atoms with Gasteiger partial charge in [-0.2, -0.15) is 5.26 Å². The van der Waals surface area contributed by atoms with Gasteiger partial charge in [-0.1, -0.05) is 81.2 Å². The lowest BCUT2D eigenvalue weighted by Crippen LogP contribution is -1.90. The van der Waals surface area contributed by atoms with Crippen LogP contribution >= 0.6 is 81.2 Å². The molecule has 2 aromatic rings. The minimum atomic E-state index is -0.0157. The van der Waals surface area contributed by atoms with Gasteiger partial charge in [-0.05, 0) is 0 Å². The molecule has 0 saturated heterocycles. The zero-order valence-electron chi connectivity index (χ0n) is 8.59. The second-order valence-corrected chi connectivity index (χ2v) is 6.08. The third kappa shape index (κ3) is 2.24. The van der Waals surface area contributed by atoms with Crippen molar-refractivity contribution in [3.05, 3.63) is 40.7 Å². The van der Waals surface area contributed by atoms with E-state index >= 15 is 0 Å². The highest BCUT2D eigenvalue weighted by atomic mass is 35.5. The van der Waals surface area contributed by atoms with Gasteiger partial charge in [-0.3, -0.25) is 0 Å². The van der Waals surface area contributed by atoms with Gasteiger partial charge in [0.25, 0.3) is 0 Å². The van der Waals surface area contributed by atoms with Crippen LogP contribution in [0.5, 0.6) is 0 Å². The first-order valence-corrected chi connectivity index (χ1v) is 7.19. The second-order valence-electron chi connectivity index (χ2n) is 3.43. The fraction of sp³-hybridized carbons (Fsp3) is 0. The Morgan fingerprint density at radius 2 is 0.895 bits per heavy atom. The number of fused-ring (bicyclic) bond motifs is 1. The van der Waals surface area contributed by atoms with Crippen molar-refractivity contribution in [2.75, 3.05) is 0 Å². The van der Waals surface area contributed by atoms with E-state index in [4.69, 9.17) is 81.2 Å². The largest absolute Gasteiger partial charge is 0.192 e. The first-order valence-electron chi connectivity index (χ1n) is 4.55. The van der Waals surface area contributed by atoms with Crippen molar-refractivity contribution in [3.8, 4) is 6.07 Å². The number of benzene rings is 2. The highest BCUT2D eigenvalue weighted by Gasteiger charge is 2.24. The van der Waals surface area contributed by atoms with Crippen LogP contribution in [0.4, 0.5) is 0 Å². The number of nitrogens with zero attached hydrogens (tertiary/aromatic N) is 1. The van der Waals surface area contributed by atoms with Gasteiger partial charge >= 0.3 is 0 Å². The molecule has 0 bridgehead atoms. The smallest absolute Gasteiger partial charge is 0.101 e. The molecule has 0 radical (unpaired) electrons. The van der Waals surface area contributed by atoms with E-state index in [2.05, 4.69) is 0 Å². The summed E-state index contributed by atoms with van der Waals surface area (Å²) in [6.45, 7) is 0. The van der Waals surface area contributed by atoms with E-state index in [1.54, 1.807) is 0 Å². The highest BCUT2D eigenvalue weighted by molar-refractivity contribution is 6.59. The van der Waals surface area contributed by atoms with Crippen LogP contribution in [0.1, 0.15) is 5.56 Å². The molecule has 0 fully saturated rings. The third-order valence-corrected chi connectivity index (χ3v) is 5.58. The predicted octanol–water partition coefficient (Wildman–Crippen LogP) is 7.29. The summed E-state index contributed by atoms with van der Waals surface area (Å²) < 4.78 is 0. The van der Waals surface area contributed by atoms with Crippen molar-refractivity contribution in [3.63, 3.8) is 0 Å². The Hall–Kier alpha value is 0.220. The summed E-state index contributed by atoms with van der Waals surface area (Å²) in [7, 11) is 0. The standard InChI is InChI=1S/C11Cl7N/c12-5-2(1-19)3-4(7(14)9(5)16)8(15)11(18)10(17)6(3)13. The van der Waals surface area contributed by atoms with Crippen molar-refractivity contribution in [2.24, 2.45) is 0 Å². The molecular formula is C11Cl7N. The molecule has 0 heterocycles. The molecule has 0 unspecified atom stereocenters. The van der Waals surface area contributed by atoms with Crippen molar-refractivity contribution in [1.82, 2.24) is 0 Å². The minimum absolute atomic E-state index is 0.00346. The van der Waals surface area contributed by atoms with E-state index in [-0.39, 0.29) is 51.5 Å². The van der Waals surface area contributed by atoms with Crippen LogP contribution < -0.4 is 0 Å². The minimum Gasteiger partial charge on any atom is -0.192 e. The molecule has 98 valence electrons. The molecule has 1 nitrogen and oxygen atoms in total. The number of nitriles is 1. The SMILES string of the molecule is N#Cc1c(Cl)c(Cl)c(Cl)c2c(Cl)c(Cl)c(Cl)c(Cl)c12. The topological polar surface area (TPSA) is 23.8 Å². The summed E-state index contributed by atoms with van der Waals surface area (Å²) >= 11 is 42.1. The number of halogens is 7. The lowest BCUT2D eigenvalue weighted by Gasteiger charge is -2.13. The molecule has 0 atom stereocenters. The molecule has 19 heavy (non-hydrogen) atoms. The van der Waals surface area contributed by atoms with Crippen LogP contribution in [0, 0.1) is 11.3 Å². The summed E-state index contributed by atoms with van der Waals surface area (Å²) in [6, 6.07) is 1.90. The summed E-state index contributed by atoms with van der Waals surface area (Å²) in [4.78, 5) is 0. The molecule has 0 aromatic heterocycles. The van der Waals surface area contributed by atoms with Crippen LogP contribution in [-0.4, -0.2) is 0 Å². The maximum absolute atomic E-state index is 9.19. The quantitative estimate of drug-likeness (QED) is 0.340. The van der Waals surface area contributed by atoms with Crippen molar-refractivity contribution in [1.29, 1.82) is 5.26 Å². The molecule has 0 aliphatic heterocycles. The predicted molar refractivity (Wildman–Crippen MR) is 83.7 cm³/mol. The lowest BCUT2D eigenvalue weighted by atomic mass is 10.0. The zero-order chi connectivity index (χ0) is 14.5. The molecule has 0 N–H and O–H groups in total. The van der Waals surface area contributed by atoms with E-state index in [1.807, 2.05) is 6.07 Å². The Labute approximate surface area is 143 Å². The second kappa shape index (κ2) is 5.54. The molecule has 0 amide bonds. The van der Waals surface area contributed by atoms with Gasteiger partial charge in [0.1, 0.15) is 6.07 Å². The fourth-order valence-corrected chi connectivity index (χ4v) is 3.45. The first kappa shape index (κ1) is 15.6. The molecular weight excluding hydrogens is 394 g/mol. The summed E-state index contributed by atoms with van der Waals surface area (Å²) in [5.74, 6) is 0. The Morgan fingerprint density at radius 3 is 1.32 bits per heavy atom. The van der Waals surface area contributed by atoms with E-state index in [0.29, 0.717) is 0 Å². The molecule has 0 saturated carbocycles. The maximum atomic E-state index is 9.19. The van der Waals surface area contributed by atoms with Crippen molar-refractivity contribution < 1.29 is 0 Å². The number of hydrogen-bond acceptors (Lipinski definition) is 1. The van der Waals surface area contributed by atoms with Gasteiger partial charge in [0.2, 0.25) is 0 Å². The van der Waals surface area contributed by atoms with Gasteiger partial charge in [0, 0.05) is 10.8 Å². The van der Waals surface area contributed by atoms with Crippen molar-refractivity contribution in [2.45, 2.75) is 0 Å². The van der Waals surface area contributed by atoms with Gasteiger partial charge in [-0.15, -0.1) is 0 Å². The molecule has 0 aliphatic carbocycles. The van der Waals surface area contributed by atoms with E-state index in [9.17, 15) is 5.26 Å². The van der Waals surface area contributed by atoms with Crippen LogP contribution in [0.2, 0.25) is 35.2 Å². The Morgan fingerprint density at radius 1 is 0.526 bits per heavy atom. The molecule has 8 heteroatoms. The molecule has 2 rings (SSSR count).